The maximum Gasteiger partial charge on any atom is 0.129 e. The van der Waals surface area contributed by atoms with Crippen LogP contribution in [0.25, 0.3) is 0 Å². The number of hydrogen-bond donors (Lipinski definition) is 1. The van der Waals surface area contributed by atoms with Crippen LogP contribution in [0.1, 0.15) is 24.0 Å². The van der Waals surface area contributed by atoms with E-state index < -0.39 is 0 Å². The Hall–Kier alpha value is -1.94. The van der Waals surface area contributed by atoms with Gasteiger partial charge in [0.2, 0.25) is 0 Å². The normalized spacial score (nSPS) is 10.6. The first-order chi connectivity index (χ1) is 9.72. The predicted octanol–water partition coefficient (Wildman–Crippen LogP) is 2.53. The summed E-state index contributed by atoms with van der Waals surface area (Å²) in [5.41, 5.74) is 3.18. The monoisotopic (exact) mass is 270 g/mol. The van der Waals surface area contributed by atoms with Crippen LogP contribution in [-0.4, -0.2) is 23.6 Å². The van der Waals surface area contributed by atoms with E-state index in [1.807, 2.05) is 26.1 Å². The fraction of sp³-hybridized carbons (Fsp3) is 0.375. The van der Waals surface area contributed by atoms with E-state index in [1.165, 1.54) is 0 Å². The Labute approximate surface area is 120 Å². The summed E-state index contributed by atoms with van der Waals surface area (Å²) in [6.45, 7) is 6.64. The van der Waals surface area contributed by atoms with Gasteiger partial charge in [-0.05, 0) is 45.2 Å². The summed E-state index contributed by atoms with van der Waals surface area (Å²) in [5, 5.41) is 3.13. The largest absolute Gasteiger partial charge is 0.351 e. The highest BCUT2D eigenvalue weighted by molar-refractivity contribution is 5.39. The molecule has 0 fully saturated rings. The maximum atomic E-state index is 4.69. The van der Waals surface area contributed by atoms with Gasteiger partial charge in [0.1, 0.15) is 5.82 Å². The molecule has 0 saturated heterocycles. The fourth-order valence-corrected chi connectivity index (χ4v) is 2.16. The molecule has 0 saturated carbocycles. The highest BCUT2D eigenvalue weighted by Crippen LogP contribution is 2.14. The van der Waals surface area contributed by atoms with E-state index in [-0.39, 0.29) is 0 Å². The second-order valence-electron chi connectivity index (χ2n) is 4.80. The van der Waals surface area contributed by atoms with Gasteiger partial charge in [-0.25, -0.2) is 4.98 Å². The number of anilines is 1. The number of aromatic nitrogens is 2. The van der Waals surface area contributed by atoms with Crippen LogP contribution in [0, 0.1) is 6.92 Å². The molecule has 0 amide bonds. The lowest BCUT2D eigenvalue weighted by atomic mass is 10.2. The Morgan fingerprint density at radius 2 is 1.80 bits per heavy atom. The minimum Gasteiger partial charge on any atom is -0.351 e. The van der Waals surface area contributed by atoms with Crippen molar-refractivity contribution in [1.29, 1.82) is 0 Å². The SMILES string of the molecule is CCN(Cc1cccc(C)n1)c1cccc(CNC)n1. The summed E-state index contributed by atoms with van der Waals surface area (Å²) >= 11 is 0. The molecule has 2 aromatic heterocycles. The summed E-state index contributed by atoms with van der Waals surface area (Å²) in [4.78, 5) is 11.5. The van der Waals surface area contributed by atoms with E-state index in [9.17, 15) is 0 Å². The molecule has 4 heteroatoms. The fourth-order valence-electron chi connectivity index (χ4n) is 2.16. The lowest BCUT2D eigenvalue weighted by molar-refractivity contribution is 0.761. The van der Waals surface area contributed by atoms with Gasteiger partial charge < -0.3 is 10.2 Å². The standard InChI is InChI=1S/C16H22N4/c1-4-20(12-15-9-5-7-13(2)18-15)16-10-6-8-14(19-16)11-17-3/h5-10,17H,4,11-12H2,1-3H3. The summed E-state index contributed by atoms with van der Waals surface area (Å²) < 4.78 is 0. The number of nitrogens with one attached hydrogen (secondary N) is 1. The van der Waals surface area contributed by atoms with Gasteiger partial charge in [0.25, 0.3) is 0 Å². The highest BCUT2D eigenvalue weighted by Gasteiger charge is 2.08. The van der Waals surface area contributed by atoms with Gasteiger partial charge >= 0.3 is 0 Å². The topological polar surface area (TPSA) is 41.1 Å². The third-order valence-corrected chi connectivity index (χ3v) is 3.15. The van der Waals surface area contributed by atoms with Crippen molar-refractivity contribution >= 4 is 5.82 Å². The molecule has 4 nitrogen and oxygen atoms in total. The van der Waals surface area contributed by atoms with Gasteiger partial charge in [-0.1, -0.05) is 12.1 Å². The Balaban J connectivity index is 2.17. The van der Waals surface area contributed by atoms with Gasteiger partial charge in [-0.3, -0.25) is 4.98 Å². The zero-order valence-corrected chi connectivity index (χ0v) is 12.4. The highest BCUT2D eigenvalue weighted by atomic mass is 15.2. The van der Waals surface area contributed by atoms with E-state index >= 15 is 0 Å². The molecule has 2 aromatic rings. The third kappa shape index (κ3) is 3.78. The second kappa shape index (κ2) is 7.01. The number of pyridine rings is 2. The summed E-state index contributed by atoms with van der Waals surface area (Å²) in [6, 6.07) is 12.3. The van der Waals surface area contributed by atoms with Crippen LogP contribution in [0.2, 0.25) is 0 Å². The minimum atomic E-state index is 0.786. The molecule has 0 bridgehead atoms. The van der Waals surface area contributed by atoms with Crippen LogP contribution in [0.15, 0.2) is 36.4 Å². The van der Waals surface area contributed by atoms with E-state index in [2.05, 4.69) is 51.4 Å². The number of hydrogen-bond acceptors (Lipinski definition) is 4. The van der Waals surface area contributed by atoms with E-state index in [1.54, 1.807) is 0 Å². The van der Waals surface area contributed by atoms with Crippen LogP contribution in [0.4, 0.5) is 5.82 Å². The smallest absolute Gasteiger partial charge is 0.129 e. The van der Waals surface area contributed by atoms with Gasteiger partial charge in [0, 0.05) is 18.8 Å². The van der Waals surface area contributed by atoms with Gasteiger partial charge in [-0.15, -0.1) is 0 Å². The van der Waals surface area contributed by atoms with Crippen LogP contribution in [-0.2, 0) is 13.1 Å². The molecular weight excluding hydrogens is 248 g/mol. The van der Waals surface area contributed by atoms with Crippen LogP contribution in [0.3, 0.4) is 0 Å². The molecule has 0 unspecified atom stereocenters. The van der Waals surface area contributed by atoms with Crippen LogP contribution in [0.5, 0.6) is 0 Å². The lowest BCUT2D eigenvalue weighted by Gasteiger charge is -2.22. The predicted molar refractivity (Wildman–Crippen MR) is 82.7 cm³/mol. The molecule has 0 aromatic carbocycles. The van der Waals surface area contributed by atoms with Crippen molar-refractivity contribution in [3.63, 3.8) is 0 Å². The number of nitrogens with zero attached hydrogens (tertiary/aromatic N) is 3. The first kappa shape index (κ1) is 14.5. The molecule has 20 heavy (non-hydrogen) atoms. The van der Waals surface area contributed by atoms with Crippen molar-refractivity contribution in [2.24, 2.45) is 0 Å². The zero-order valence-electron chi connectivity index (χ0n) is 12.4. The minimum absolute atomic E-state index is 0.786. The van der Waals surface area contributed by atoms with E-state index in [4.69, 9.17) is 0 Å². The summed E-state index contributed by atoms with van der Waals surface area (Å²) in [5.74, 6) is 1.00. The molecule has 2 heterocycles. The second-order valence-corrected chi connectivity index (χ2v) is 4.80. The van der Waals surface area contributed by atoms with E-state index in [0.29, 0.717) is 0 Å². The molecule has 0 spiro atoms. The number of aryl methyl sites for hydroxylation is 1. The average molecular weight is 270 g/mol. The van der Waals surface area contributed by atoms with Crippen molar-refractivity contribution in [2.45, 2.75) is 26.9 Å². The van der Waals surface area contributed by atoms with E-state index in [0.717, 1.165) is 42.5 Å². The van der Waals surface area contributed by atoms with Crippen molar-refractivity contribution in [1.82, 2.24) is 15.3 Å². The van der Waals surface area contributed by atoms with Gasteiger partial charge in [0.05, 0.1) is 17.9 Å². The van der Waals surface area contributed by atoms with Gasteiger partial charge in [0.15, 0.2) is 0 Å². The molecule has 0 atom stereocenters. The zero-order chi connectivity index (χ0) is 14.4. The maximum absolute atomic E-state index is 4.69. The molecule has 0 aliphatic carbocycles. The van der Waals surface area contributed by atoms with Crippen molar-refractivity contribution in [2.75, 3.05) is 18.5 Å². The van der Waals surface area contributed by atoms with Crippen molar-refractivity contribution < 1.29 is 0 Å². The molecule has 2 rings (SSSR count). The van der Waals surface area contributed by atoms with Crippen LogP contribution >= 0.6 is 0 Å². The molecular formula is C16H22N4. The number of rotatable bonds is 6. The molecule has 0 aliphatic rings. The third-order valence-electron chi connectivity index (χ3n) is 3.15. The quantitative estimate of drug-likeness (QED) is 0.876. The average Bonchev–Trinajstić information content (AvgIpc) is 2.45. The Kier molecular flexibility index (Phi) is 5.07. The molecule has 0 radical (unpaired) electrons. The lowest BCUT2D eigenvalue weighted by Crippen LogP contribution is -2.24. The first-order valence-corrected chi connectivity index (χ1v) is 7.01. The van der Waals surface area contributed by atoms with Crippen LogP contribution < -0.4 is 10.2 Å². The molecule has 106 valence electrons. The molecule has 0 aliphatic heterocycles. The Morgan fingerprint density at radius 3 is 2.50 bits per heavy atom. The van der Waals surface area contributed by atoms with Crippen molar-refractivity contribution in [3.05, 3.63) is 53.5 Å². The molecule has 1 N–H and O–H groups in total. The Bertz CT molecular complexity index is 554. The first-order valence-electron chi connectivity index (χ1n) is 7.01. The summed E-state index contributed by atoms with van der Waals surface area (Å²) in [6.07, 6.45) is 0. The summed E-state index contributed by atoms with van der Waals surface area (Å²) in [7, 11) is 1.93. The van der Waals surface area contributed by atoms with Crippen molar-refractivity contribution in [3.8, 4) is 0 Å². The Morgan fingerprint density at radius 1 is 1.05 bits per heavy atom. The van der Waals surface area contributed by atoms with Gasteiger partial charge in [-0.2, -0.15) is 0 Å².